The van der Waals surface area contributed by atoms with Crippen LogP contribution in [0.15, 0.2) is 42.5 Å². The van der Waals surface area contributed by atoms with Crippen LogP contribution >= 0.6 is 0 Å². The summed E-state index contributed by atoms with van der Waals surface area (Å²) in [6.07, 6.45) is 0. The number of fused-ring (bicyclic) bond motifs is 1. The predicted octanol–water partition coefficient (Wildman–Crippen LogP) is 2.66. The van der Waals surface area contributed by atoms with E-state index in [0.717, 1.165) is 22.6 Å². The first kappa shape index (κ1) is 11.6. The van der Waals surface area contributed by atoms with E-state index in [2.05, 4.69) is 0 Å². The summed E-state index contributed by atoms with van der Waals surface area (Å²) < 4.78 is 16.1. The van der Waals surface area contributed by atoms with Gasteiger partial charge in [0.1, 0.15) is 19.0 Å². The zero-order chi connectivity index (χ0) is 13.1. The van der Waals surface area contributed by atoms with Crippen LogP contribution in [-0.4, -0.2) is 19.7 Å². The van der Waals surface area contributed by atoms with E-state index in [1.807, 2.05) is 30.3 Å². The van der Waals surface area contributed by atoms with Gasteiger partial charge in [0.2, 0.25) is 0 Å². The summed E-state index contributed by atoms with van der Waals surface area (Å²) in [6.45, 7) is 1.51. The molecule has 0 atom stereocenters. The van der Waals surface area contributed by atoms with Crippen LogP contribution in [0.3, 0.4) is 0 Å². The van der Waals surface area contributed by atoms with Gasteiger partial charge < -0.3 is 14.2 Å². The Balaban J connectivity index is 2.06. The van der Waals surface area contributed by atoms with Crippen molar-refractivity contribution in [2.75, 3.05) is 13.2 Å². The maximum atomic E-state index is 10.4. The van der Waals surface area contributed by atoms with E-state index in [9.17, 15) is 4.79 Å². The molecule has 1 aliphatic heterocycles. The monoisotopic (exact) mass is 256 g/mol. The summed E-state index contributed by atoms with van der Waals surface area (Å²) in [5, 5.41) is 0. The van der Waals surface area contributed by atoms with Gasteiger partial charge in [0.15, 0.2) is 11.5 Å². The summed E-state index contributed by atoms with van der Waals surface area (Å²) in [6, 6.07) is 13.0. The van der Waals surface area contributed by atoms with Crippen molar-refractivity contribution in [1.29, 1.82) is 0 Å². The fourth-order valence-corrected chi connectivity index (χ4v) is 2.09. The van der Waals surface area contributed by atoms with E-state index in [4.69, 9.17) is 14.2 Å². The van der Waals surface area contributed by atoms with Crippen LogP contribution in [0.2, 0.25) is 0 Å². The van der Waals surface area contributed by atoms with Crippen molar-refractivity contribution in [1.82, 2.24) is 0 Å². The smallest absolute Gasteiger partial charge is 0.298 e. The van der Waals surface area contributed by atoms with E-state index in [-0.39, 0.29) is 0 Å². The van der Waals surface area contributed by atoms with Crippen LogP contribution in [0.1, 0.15) is 0 Å². The topological polar surface area (TPSA) is 44.8 Å². The normalized spacial score (nSPS) is 12.8. The Hall–Kier alpha value is -2.49. The van der Waals surface area contributed by atoms with Crippen molar-refractivity contribution >= 4 is 6.47 Å². The molecule has 4 nitrogen and oxygen atoms in total. The molecule has 1 heterocycles. The second-order valence-corrected chi connectivity index (χ2v) is 4.07. The minimum atomic E-state index is 0.416. The van der Waals surface area contributed by atoms with Crippen LogP contribution in [0.5, 0.6) is 17.2 Å². The molecule has 2 aromatic carbocycles. The highest BCUT2D eigenvalue weighted by atomic mass is 16.6. The van der Waals surface area contributed by atoms with Gasteiger partial charge in [-0.1, -0.05) is 24.3 Å². The van der Waals surface area contributed by atoms with Gasteiger partial charge >= 0.3 is 0 Å². The molecular formula is C15H12O4. The zero-order valence-electron chi connectivity index (χ0n) is 10.2. The fourth-order valence-electron chi connectivity index (χ4n) is 2.09. The first-order valence-corrected chi connectivity index (χ1v) is 5.98. The van der Waals surface area contributed by atoms with Crippen molar-refractivity contribution < 1.29 is 19.0 Å². The van der Waals surface area contributed by atoms with E-state index in [1.165, 1.54) is 0 Å². The third-order valence-electron chi connectivity index (χ3n) is 2.90. The molecule has 0 bridgehead atoms. The average molecular weight is 256 g/mol. The number of ether oxygens (including phenoxy) is 3. The number of hydrogen-bond acceptors (Lipinski definition) is 4. The van der Waals surface area contributed by atoms with Crippen molar-refractivity contribution in [3.8, 4) is 28.4 Å². The van der Waals surface area contributed by atoms with E-state index >= 15 is 0 Å². The lowest BCUT2D eigenvalue weighted by Gasteiger charge is -2.21. The average Bonchev–Trinajstić information content (AvgIpc) is 2.47. The third-order valence-corrected chi connectivity index (χ3v) is 2.90. The number of carbonyl (C=O) groups excluding carboxylic acids is 1. The molecule has 96 valence electrons. The molecule has 0 amide bonds. The molecule has 2 aromatic rings. The molecule has 0 aliphatic carbocycles. The summed E-state index contributed by atoms with van der Waals surface area (Å²) in [5.74, 6) is 1.98. The molecule has 0 fully saturated rings. The third kappa shape index (κ3) is 2.25. The SMILES string of the molecule is O=COc1cccc(-c2cccc3c2OCCO3)c1. The van der Waals surface area contributed by atoms with Crippen LogP contribution in [0, 0.1) is 0 Å². The molecule has 19 heavy (non-hydrogen) atoms. The highest BCUT2D eigenvalue weighted by molar-refractivity contribution is 5.75. The molecule has 0 saturated heterocycles. The van der Waals surface area contributed by atoms with Crippen molar-refractivity contribution in [3.63, 3.8) is 0 Å². The standard InChI is InChI=1S/C15H12O4/c16-10-19-12-4-1-3-11(9-12)13-5-2-6-14-15(13)18-8-7-17-14/h1-6,9-10H,7-8H2. The van der Waals surface area contributed by atoms with Gasteiger partial charge in [-0.25, -0.2) is 0 Å². The maximum absolute atomic E-state index is 10.4. The molecule has 0 N–H and O–H groups in total. The van der Waals surface area contributed by atoms with Crippen LogP contribution in [-0.2, 0) is 4.79 Å². The number of hydrogen-bond donors (Lipinski definition) is 0. The Morgan fingerprint density at radius 3 is 2.79 bits per heavy atom. The number of para-hydroxylation sites is 1. The van der Waals surface area contributed by atoms with Gasteiger partial charge in [-0.05, 0) is 23.8 Å². The molecular weight excluding hydrogens is 244 g/mol. The van der Waals surface area contributed by atoms with Gasteiger partial charge in [-0.3, -0.25) is 4.79 Å². The molecule has 0 radical (unpaired) electrons. The molecule has 4 heteroatoms. The Bertz CT molecular complexity index is 607. The lowest BCUT2D eigenvalue weighted by atomic mass is 10.0. The molecule has 0 spiro atoms. The van der Waals surface area contributed by atoms with E-state index < -0.39 is 0 Å². The Morgan fingerprint density at radius 2 is 1.89 bits per heavy atom. The predicted molar refractivity (Wildman–Crippen MR) is 69.6 cm³/mol. The Labute approximate surface area is 110 Å². The molecule has 0 unspecified atom stereocenters. The quantitative estimate of drug-likeness (QED) is 0.792. The summed E-state index contributed by atoms with van der Waals surface area (Å²) in [7, 11) is 0. The minimum absolute atomic E-state index is 0.416. The molecule has 0 aromatic heterocycles. The lowest BCUT2D eigenvalue weighted by Crippen LogP contribution is -2.15. The van der Waals surface area contributed by atoms with Gasteiger partial charge in [-0.2, -0.15) is 0 Å². The number of benzene rings is 2. The lowest BCUT2D eigenvalue weighted by molar-refractivity contribution is -0.120. The molecule has 1 aliphatic rings. The van der Waals surface area contributed by atoms with Gasteiger partial charge in [0.25, 0.3) is 6.47 Å². The van der Waals surface area contributed by atoms with Crippen LogP contribution < -0.4 is 14.2 Å². The van der Waals surface area contributed by atoms with Gasteiger partial charge in [-0.15, -0.1) is 0 Å². The van der Waals surface area contributed by atoms with E-state index in [1.54, 1.807) is 12.1 Å². The second-order valence-electron chi connectivity index (χ2n) is 4.07. The highest BCUT2D eigenvalue weighted by Crippen LogP contribution is 2.40. The Kier molecular flexibility index (Phi) is 3.06. The summed E-state index contributed by atoms with van der Waals surface area (Å²) in [5.41, 5.74) is 1.84. The first-order valence-electron chi connectivity index (χ1n) is 5.98. The first-order chi connectivity index (χ1) is 9.38. The van der Waals surface area contributed by atoms with Gasteiger partial charge in [0.05, 0.1) is 0 Å². The van der Waals surface area contributed by atoms with E-state index in [0.29, 0.717) is 25.4 Å². The van der Waals surface area contributed by atoms with Gasteiger partial charge in [0, 0.05) is 5.56 Å². The van der Waals surface area contributed by atoms with Crippen molar-refractivity contribution in [3.05, 3.63) is 42.5 Å². The highest BCUT2D eigenvalue weighted by Gasteiger charge is 2.16. The molecule has 0 saturated carbocycles. The van der Waals surface area contributed by atoms with Crippen LogP contribution in [0.25, 0.3) is 11.1 Å². The maximum Gasteiger partial charge on any atom is 0.298 e. The number of rotatable bonds is 3. The van der Waals surface area contributed by atoms with Crippen LogP contribution in [0.4, 0.5) is 0 Å². The minimum Gasteiger partial charge on any atom is -0.486 e. The number of carbonyl (C=O) groups is 1. The Morgan fingerprint density at radius 1 is 1.05 bits per heavy atom. The summed E-state index contributed by atoms with van der Waals surface area (Å²) >= 11 is 0. The molecule has 3 rings (SSSR count). The fraction of sp³-hybridized carbons (Fsp3) is 0.133. The van der Waals surface area contributed by atoms with Crippen molar-refractivity contribution in [2.45, 2.75) is 0 Å². The zero-order valence-corrected chi connectivity index (χ0v) is 10.2. The second kappa shape index (κ2) is 5.02. The van der Waals surface area contributed by atoms with Crippen molar-refractivity contribution in [2.24, 2.45) is 0 Å². The largest absolute Gasteiger partial charge is 0.486 e. The summed E-state index contributed by atoms with van der Waals surface area (Å²) in [4.78, 5) is 10.4.